The average molecular weight is 618 g/mol. The number of hydrogen-bond acceptors (Lipinski definition) is 3. The first-order chi connectivity index (χ1) is 21.7. The SMILES string of the molecule is CCCCCCCCC/C=C\CCCCCCCC(=O)NC(CO)C(O)/C=C/CC/C=C/CCCCCCCCCCCC. The fourth-order valence-electron chi connectivity index (χ4n) is 5.60. The highest BCUT2D eigenvalue weighted by atomic mass is 16.3. The van der Waals surface area contributed by atoms with Crippen molar-refractivity contribution in [1.29, 1.82) is 0 Å². The standard InChI is InChI=1S/C40H75NO3/c1-3-5-7-9-11-13-15-17-19-21-23-25-27-29-31-33-35-39(43)38(37-42)41-40(44)36-34-32-30-28-26-24-22-20-18-16-14-12-10-8-6-4-2/h20,22,25,27,33,35,38-39,42-43H,3-19,21,23-24,26,28-32,34,36-37H2,1-2H3,(H,41,44)/b22-20-,27-25+,35-33+. The van der Waals surface area contributed by atoms with E-state index >= 15 is 0 Å². The molecule has 258 valence electrons. The van der Waals surface area contributed by atoms with E-state index in [-0.39, 0.29) is 12.5 Å². The summed E-state index contributed by atoms with van der Waals surface area (Å²) in [5.41, 5.74) is 0. The van der Waals surface area contributed by atoms with E-state index < -0.39 is 12.1 Å². The van der Waals surface area contributed by atoms with Gasteiger partial charge in [0.2, 0.25) is 5.91 Å². The number of unbranched alkanes of at least 4 members (excludes halogenated alkanes) is 23. The second-order valence-electron chi connectivity index (χ2n) is 13.0. The Labute approximate surface area is 274 Å². The van der Waals surface area contributed by atoms with Crippen molar-refractivity contribution in [2.45, 2.75) is 206 Å². The van der Waals surface area contributed by atoms with Crippen molar-refractivity contribution in [1.82, 2.24) is 5.32 Å². The molecule has 4 nitrogen and oxygen atoms in total. The van der Waals surface area contributed by atoms with Crippen LogP contribution in [0.1, 0.15) is 194 Å². The molecule has 0 aliphatic heterocycles. The molecule has 2 unspecified atom stereocenters. The lowest BCUT2D eigenvalue weighted by molar-refractivity contribution is -0.123. The molecular formula is C40H75NO3. The van der Waals surface area contributed by atoms with Crippen LogP contribution in [0.3, 0.4) is 0 Å². The monoisotopic (exact) mass is 618 g/mol. The molecule has 0 saturated heterocycles. The number of hydrogen-bond donors (Lipinski definition) is 3. The normalized spacial score (nSPS) is 13.5. The number of aliphatic hydroxyl groups excluding tert-OH is 2. The topological polar surface area (TPSA) is 69.6 Å². The lowest BCUT2D eigenvalue weighted by atomic mass is 10.1. The van der Waals surface area contributed by atoms with Crippen LogP contribution in [-0.2, 0) is 4.79 Å². The summed E-state index contributed by atoms with van der Waals surface area (Å²) in [5.74, 6) is -0.0836. The van der Waals surface area contributed by atoms with E-state index in [0.29, 0.717) is 6.42 Å². The van der Waals surface area contributed by atoms with Crippen LogP contribution in [0.15, 0.2) is 36.5 Å². The maximum Gasteiger partial charge on any atom is 0.220 e. The molecule has 4 heteroatoms. The summed E-state index contributed by atoms with van der Waals surface area (Å²) in [6.45, 7) is 4.28. The molecule has 0 heterocycles. The van der Waals surface area contributed by atoms with Crippen molar-refractivity contribution >= 4 is 5.91 Å². The Kier molecular flexibility index (Phi) is 34.9. The molecule has 0 aromatic heterocycles. The van der Waals surface area contributed by atoms with Crippen molar-refractivity contribution in [2.24, 2.45) is 0 Å². The van der Waals surface area contributed by atoms with E-state index in [1.807, 2.05) is 6.08 Å². The lowest BCUT2D eigenvalue weighted by Gasteiger charge is -2.19. The van der Waals surface area contributed by atoms with Crippen molar-refractivity contribution < 1.29 is 15.0 Å². The minimum absolute atomic E-state index is 0.0836. The maximum absolute atomic E-state index is 12.3. The van der Waals surface area contributed by atoms with E-state index in [1.165, 1.54) is 128 Å². The van der Waals surface area contributed by atoms with Crippen LogP contribution >= 0.6 is 0 Å². The third kappa shape index (κ3) is 32.0. The first-order valence-corrected chi connectivity index (χ1v) is 19.2. The molecule has 0 radical (unpaired) electrons. The summed E-state index contributed by atoms with van der Waals surface area (Å²) in [7, 11) is 0. The van der Waals surface area contributed by atoms with Crippen LogP contribution in [0, 0.1) is 0 Å². The van der Waals surface area contributed by atoms with E-state index in [9.17, 15) is 15.0 Å². The molecular weight excluding hydrogens is 542 g/mol. The number of amides is 1. The Bertz CT molecular complexity index is 672. The van der Waals surface area contributed by atoms with Crippen LogP contribution in [0.5, 0.6) is 0 Å². The number of carbonyl (C=O) groups is 1. The van der Waals surface area contributed by atoms with Crippen LogP contribution in [0.4, 0.5) is 0 Å². The largest absolute Gasteiger partial charge is 0.394 e. The molecule has 0 aromatic carbocycles. The minimum atomic E-state index is -0.863. The molecule has 44 heavy (non-hydrogen) atoms. The minimum Gasteiger partial charge on any atom is -0.394 e. The van der Waals surface area contributed by atoms with E-state index in [1.54, 1.807) is 6.08 Å². The number of carbonyl (C=O) groups excluding carboxylic acids is 1. The van der Waals surface area contributed by atoms with Gasteiger partial charge >= 0.3 is 0 Å². The van der Waals surface area contributed by atoms with Crippen molar-refractivity contribution in [3.63, 3.8) is 0 Å². The van der Waals surface area contributed by atoms with Gasteiger partial charge in [-0.05, 0) is 57.8 Å². The van der Waals surface area contributed by atoms with Gasteiger partial charge in [-0.25, -0.2) is 0 Å². The predicted octanol–water partition coefficient (Wildman–Crippen LogP) is 11.5. The Hall–Kier alpha value is -1.39. The fraction of sp³-hybridized carbons (Fsp3) is 0.825. The Morgan fingerprint density at radius 2 is 0.886 bits per heavy atom. The summed E-state index contributed by atoms with van der Waals surface area (Å²) >= 11 is 0. The van der Waals surface area contributed by atoms with Crippen LogP contribution in [0.25, 0.3) is 0 Å². The van der Waals surface area contributed by atoms with E-state index in [2.05, 4.69) is 43.5 Å². The van der Waals surface area contributed by atoms with Crippen LogP contribution in [0.2, 0.25) is 0 Å². The molecule has 0 rings (SSSR count). The second-order valence-corrected chi connectivity index (χ2v) is 13.0. The first-order valence-electron chi connectivity index (χ1n) is 19.2. The second kappa shape index (κ2) is 36.1. The zero-order chi connectivity index (χ0) is 32.2. The van der Waals surface area contributed by atoms with Crippen LogP contribution < -0.4 is 5.32 Å². The van der Waals surface area contributed by atoms with Crippen molar-refractivity contribution in [3.05, 3.63) is 36.5 Å². The predicted molar refractivity (Wildman–Crippen MR) is 193 cm³/mol. The summed E-state index contributed by atoms with van der Waals surface area (Å²) in [5, 5.41) is 22.9. The van der Waals surface area contributed by atoms with Gasteiger partial charge < -0.3 is 15.5 Å². The zero-order valence-electron chi connectivity index (χ0n) is 29.4. The van der Waals surface area contributed by atoms with Gasteiger partial charge in [0.15, 0.2) is 0 Å². The Morgan fingerprint density at radius 1 is 0.523 bits per heavy atom. The molecule has 0 bridgehead atoms. The summed E-state index contributed by atoms with van der Waals surface area (Å²) in [4.78, 5) is 12.3. The zero-order valence-corrected chi connectivity index (χ0v) is 29.4. The summed E-state index contributed by atoms with van der Waals surface area (Å²) < 4.78 is 0. The third-order valence-corrected chi connectivity index (χ3v) is 8.60. The molecule has 0 spiro atoms. The Morgan fingerprint density at radius 3 is 1.32 bits per heavy atom. The maximum atomic E-state index is 12.3. The van der Waals surface area contributed by atoms with Crippen molar-refractivity contribution in [2.75, 3.05) is 6.61 Å². The highest BCUT2D eigenvalue weighted by molar-refractivity contribution is 5.76. The highest BCUT2D eigenvalue weighted by Crippen LogP contribution is 2.13. The van der Waals surface area contributed by atoms with Crippen molar-refractivity contribution in [3.8, 4) is 0 Å². The molecule has 1 amide bonds. The molecule has 0 fully saturated rings. The smallest absolute Gasteiger partial charge is 0.220 e. The first kappa shape index (κ1) is 42.6. The van der Waals surface area contributed by atoms with E-state index in [4.69, 9.17) is 0 Å². The van der Waals surface area contributed by atoms with Gasteiger partial charge in [-0.2, -0.15) is 0 Å². The Balaban J connectivity index is 3.68. The fourth-order valence-corrected chi connectivity index (χ4v) is 5.60. The molecule has 0 saturated carbocycles. The molecule has 3 N–H and O–H groups in total. The number of aliphatic hydroxyl groups is 2. The molecule has 0 aliphatic rings. The molecule has 0 aliphatic carbocycles. The molecule has 0 aromatic rings. The molecule has 2 atom stereocenters. The highest BCUT2D eigenvalue weighted by Gasteiger charge is 2.17. The van der Waals surface area contributed by atoms with Gasteiger partial charge in [0.25, 0.3) is 0 Å². The lowest BCUT2D eigenvalue weighted by Crippen LogP contribution is -2.45. The number of allylic oxidation sites excluding steroid dienone is 5. The third-order valence-electron chi connectivity index (χ3n) is 8.60. The van der Waals surface area contributed by atoms with E-state index in [0.717, 1.165) is 44.9 Å². The van der Waals surface area contributed by atoms with Gasteiger partial charge in [-0.15, -0.1) is 0 Å². The quantitative estimate of drug-likeness (QED) is 0.0497. The number of nitrogens with one attached hydrogen (secondary N) is 1. The van der Waals surface area contributed by atoms with Crippen LogP contribution in [-0.4, -0.2) is 34.9 Å². The summed E-state index contributed by atoms with van der Waals surface area (Å²) in [6, 6.07) is -0.640. The van der Waals surface area contributed by atoms with Gasteiger partial charge in [-0.1, -0.05) is 166 Å². The van der Waals surface area contributed by atoms with Gasteiger partial charge in [0.05, 0.1) is 18.8 Å². The summed E-state index contributed by atoms with van der Waals surface area (Å²) in [6.07, 6.45) is 46.6. The van der Waals surface area contributed by atoms with Gasteiger partial charge in [-0.3, -0.25) is 4.79 Å². The average Bonchev–Trinajstić information content (AvgIpc) is 3.03. The van der Waals surface area contributed by atoms with Gasteiger partial charge in [0.1, 0.15) is 0 Å². The van der Waals surface area contributed by atoms with Gasteiger partial charge in [0, 0.05) is 6.42 Å². The number of rotatable bonds is 34.